The molecule has 0 radical (unpaired) electrons. The highest BCUT2D eigenvalue weighted by molar-refractivity contribution is 7.12. The summed E-state index contributed by atoms with van der Waals surface area (Å²) in [6, 6.07) is 6.85. The zero-order chi connectivity index (χ0) is 19.6. The van der Waals surface area contributed by atoms with Crippen LogP contribution in [0.1, 0.15) is 35.5 Å². The number of carbonyl (C=O) groups excluding carboxylic acids is 2. The van der Waals surface area contributed by atoms with Crippen LogP contribution in [0.4, 0.5) is 0 Å². The van der Waals surface area contributed by atoms with Crippen molar-refractivity contribution in [1.82, 2.24) is 10.9 Å². The van der Waals surface area contributed by atoms with Gasteiger partial charge in [-0.3, -0.25) is 20.4 Å². The van der Waals surface area contributed by atoms with E-state index in [1.807, 2.05) is 13.8 Å². The SMILES string of the molecule is CCCOc1c(Cl)cc(/C=C/C(=O)NNC(=O)c2cccs2)cc1OCC. The summed E-state index contributed by atoms with van der Waals surface area (Å²) < 4.78 is 11.2. The van der Waals surface area contributed by atoms with Crippen LogP contribution in [0.3, 0.4) is 0 Å². The first kappa shape index (κ1) is 20.8. The molecule has 27 heavy (non-hydrogen) atoms. The summed E-state index contributed by atoms with van der Waals surface area (Å²) in [6.07, 6.45) is 3.72. The second-order valence-electron chi connectivity index (χ2n) is 5.37. The van der Waals surface area contributed by atoms with E-state index in [1.54, 1.807) is 35.7 Å². The fourth-order valence-electron chi connectivity index (χ4n) is 2.09. The van der Waals surface area contributed by atoms with Crippen molar-refractivity contribution in [1.29, 1.82) is 0 Å². The van der Waals surface area contributed by atoms with Gasteiger partial charge in [-0.25, -0.2) is 0 Å². The third-order valence-electron chi connectivity index (χ3n) is 3.25. The van der Waals surface area contributed by atoms with Gasteiger partial charge in [-0.05, 0) is 48.6 Å². The molecule has 0 unspecified atom stereocenters. The fourth-order valence-corrected chi connectivity index (χ4v) is 2.99. The van der Waals surface area contributed by atoms with Gasteiger partial charge in [0.2, 0.25) is 0 Å². The topological polar surface area (TPSA) is 76.7 Å². The predicted octanol–water partition coefficient (Wildman–Crippen LogP) is 4.06. The van der Waals surface area contributed by atoms with Gasteiger partial charge in [-0.1, -0.05) is 24.6 Å². The monoisotopic (exact) mass is 408 g/mol. The van der Waals surface area contributed by atoms with E-state index in [0.717, 1.165) is 6.42 Å². The highest BCUT2D eigenvalue weighted by Gasteiger charge is 2.12. The van der Waals surface area contributed by atoms with E-state index >= 15 is 0 Å². The van der Waals surface area contributed by atoms with Gasteiger partial charge in [0.25, 0.3) is 11.8 Å². The first-order valence-corrected chi connectivity index (χ1v) is 9.72. The summed E-state index contributed by atoms with van der Waals surface area (Å²) in [5.74, 6) is 0.167. The Balaban J connectivity index is 2.02. The smallest absolute Gasteiger partial charge is 0.279 e. The number of thiophene rings is 1. The average Bonchev–Trinajstić information content (AvgIpc) is 3.19. The fraction of sp³-hybridized carbons (Fsp3) is 0.263. The second kappa shape index (κ2) is 10.6. The lowest BCUT2D eigenvalue weighted by Gasteiger charge is -2.14. The maximum absolute atomic E-state index is 11.9. The molecule has 0 aliphatic rings. The van der Waals surface area contributed by atoms with Crippen molar-refractivity contribution in [3.05, 3.63) is 51.2 Å². The molecule has 1 aromatic carbocycles. The maximum atomic E-state index is 11.9. The molecular formula is C19H21ClN2O4S. The minimum absolute atomic E-state index is 0.370. The molecule has 0 saturated carbocycles. The van der Waals surface area contributed by atoms with E-state index in [9.17, 15) is 9.59 Å². The Labute approximate surface area is 167 Å². The van der Waals surface area contributed by atoms with Gasteiger partial charge in [0.15, 0.2) is 11.5 Å². The van der Waals surface area contributed by atoms with Gasteiger partial charge in [-0.15, -0.1) is 11.3 Å². The third kappa shape index (κ3) is 6.30. The zero-order valence-corrected chi connectivity index (χ0v) is 16.7. The van der Waals surface area contributed by atoms with Crippen LogP contribution >= 0.6 is 22.9 Å². The highest BCUT2D eigenvalue weighted by Crippen LogP contribution is 2.37. The van der Waals surface area contributed by atoms with Crippen molar-refractivity contribution in [2.24, 2.45) is 0 Å². The molecule has 1 heterocycles. The van der Waals surface area contributed by atoms with Crippen LogP contribution in [-0.2, 0) is 4.79 Å². The molecule has 0 saturated heterocycles. The molecule has 144 valence electrons. The molecule has 0 aliphatic heterocycles. The molecule has 2 amide bonds. The van der Waals surface area contributed by atoms with Crippen LogP contribution in [0.15, 0.2) is 35.7 Å². The van der Waals surface area contributed by atoms with E-state index in [-0.39, 0.29) is 5.91 Å². The second-order valence-corrected chi connectivity index (χ2v) is 6.72. The lowest BCUT2D eigenvalue weighted by atomic mass is 10.2. The van der Waals surface area contributed by atoms with Crippen LogP contribution in [0.2, 0.25) is 5.02 Å². The molecule has 2 N–H and O–H groups in total. The van der Waals surface area contributed by atoms with Crippen molar-refractivity contribution in [3.63, 3.8) is 0 Å². The average molecular weight is 409 g/mol. The molecule has 1 aromatic heterocycles. The number of benzene rings is 1. The Kier molecular flexibility index (Phi) is 8.16. The van der Waals surface area contributed by atoms with Crippen molar-refractivity contribution in [2.45, 2.75) is 20.3 Å². The molecule has 2 aromatic rings. The van der Waals surface area contributed by atoms with E-state index in [2.05, 4.69) is 10.9 Å². The number of hydrazine groups is 1. The van der Waals surface area contributed by atoms with Gasteiger partial charge >= 0.3 is 0 Å². The Morgan fingerprint density at radius 1 is 1.22 bits per heavy atom. The first-order valence-electron chi connectivity index (χ1n) is 8.46. The molecule has 0 spiro atoms. The summed E-state index contributed by atoms with van der Waals surface area (Å²) in [6.45, 7) is 4.85. The van der Waals surface area contributed by atoms with E-state index in [0.29, 0.717) is 40.2 Å². The number of amides is 2. The quantitative estimate of drug-likeness (QED) is 0.510. The van der Waals surface area contributed by atoms with Gasteiger partial charge in [0.05, 0.1) is 23.1 Å². The van der Waals surface area contributed by atoms with Crippen molar-refractivity contribution in [3.8, 4) is 11.5 Å². The van der Waals surface area contributed by atoms with Crippen LogP contribution in [0.25, 0.3) is 6.08 Å². The number of hydrogen-bond acceptors (Lipinski definition) is 5. The van der Waals surface area contributed by atoms with E-state index in [1.165, 1.54) is 17.4 Å². The maximum Gasteiger partial charge on any atom is 0.279 e. The number of hydrogen-bond donors (Lipinski definition) is 2. The van der Waals surface area contributed by atoms with E-state index in [4.69, 9.17) is 21.1 Å². The van der Waals surface area contributed by atoms with Gasteiger partial charge in [0, 0.05) is 6.08 Å². The molecule has 6 nitrogen and oxygen atoms in total. The molecule has 2 rings (SSSR count). The largest absolute Gasteiger partial charge is 0.490 e. The highest BCUT2D eigenvalue weighted by atomic mass is 35.5. The van der Waals surface area contributed by atoms with Crippen LogP contribution in [0.5, 0.6) is 11.5 Å². The lowest BCUT2D eigenvalue weighted by molar-refractivity contribution is -0.117. The normalized spacial score (nSPS) is 10.6. The zero-order valence-electron chi connectivity index (χ0n) is 15.1. The summed E-state index contributed by atoms with van der Waals surface area (Å²) >= 11 is 7.57. The Hall–Kier alpha value is -2.51. The number of rotatable bonds is 8. The summed E-state index contributed by atoms with van der Waals surface area (Å²) in [4.78, 5) is 24.2. The predicted molar refractivity (Wildman–Crippen MR) is 107 cm³/mol. The summed E-state index contributed by atoms with van der Waals surface area (Å²) in [7, 11) is 0. The number of halogens is 1. The van der Waals surface area contributed by atoms with Crippen LogP contribution in [-0.4, -0.2) is 25.0 Å². The Morgan fingerprint density at radius 2 is 2.04 bits per heavy atom. The molecule has 0 fully saturated rings. The Morgan fingerprint density at radius 3 is 2.70 bits per heavy atom. The lowest BCUT2D eigenvalue weighted by Crippen LogP contribution is -2.40. The summed E-state index contributed by atoms with van der Waals surface area (Å²) in [5, 5.41) is 2.19. The molecule has 0 aliphatic carbocycles. The van der Waals surface area contributed by atoms with Gasteiger partial charge in [0.1, 0.15) is 0 Å². The third-order valence-corrected chi connectivity index (χ3v) is 4.40. The Bertz CT molecular complexity index is 806. The van der Waals surface area contributed by atoms with Gasteiger partial charge < -0.3 is 9.47 Å². The molecule has 0 atom stereocenters. The number of nitrogens with one attached hydrogen (secondary N) is 2. The molecular weight excluding hydrogens is 388 g/mol. The van der Waals surface area contributed by atoms with Crippen LogP contribution in [0, 0.1) is 0 Å². The van der Waals surface area contributed by atoms with Crippen molar-refractivity contribution >= 4 is 40.8 Å². The van der Waals surface area contributed by atoms with Crippen molar-refractivity contribution in [2.75, 3.05) is 13.2 Å². The van der Waals surface area contributed by atoms with Gasteiger partial charge in [-0.2, -0.15) is 0 Å². The van der Waals surface area contributed by atoms with E-state index < -0.39 is 5.91 Å². The minimum atomic E-state index is -0.472. The molecule has 8 heteroatoms. The van der Waals surface area contributed by atoms with Crippen LogP contribution < -0.4 is 20.3 Å². The standard InChI is InChI=1S/C19H21ClN2O4S/c1-3-9-26-18-14(20)11-13(12-15(18)25-4-2)7-8-17(23)21-22-19(24)16-6-5-10-27-16/h5-8,10-12H,3-4,9H2,1-2H3,(H,21,23)(H,22,24)/b8-7+. The minimum Gasteiger partial charge on any atom is -0.490 e. The number of carbonyl (C=O) groups is 2. The number of ether oxygens (including phenoxy) is 2. The molecule has 0 bridgehead atoms. The van der Waals surface area contributed by atoms with Crippen molar-refractivity contribution < 1.29 is 19.1 Å². The first-order chi connectivity index (χ1) is 13.0. The summed E-state index contributed by atoms with van der Waals surface area (Å²) in [5.41, 5.74) is 5.35.